The SMILES string of the molecule is COc1cccc(-c2c(C(N)=NO)cc(C)cc2-c2ccc(O)cc2)c1.NC(=NO)c1cc(C(F)(F)F)cc(-c2ccc(O)cc2)c1-c1ccc(F)cc1. The van der Waals surface area contributed by atoms with Gasteiger partial charge in [0.05, 0.1) is 12.7 Å². The Balaban J connectivity index is 0.000000208. The Bertz CT molecular complexity index is 2330. The predicted octanol–water partition coefficient (Wildman–Crippen LogP) is 9.12. The van der Waals surface area contributed by atoms with Gasteiger partial charge in [-0.15, -0.1) is 0 Å². The van der Waals surface area contributed by atoms with Crippen LogP contribution < -0.4 is 16.2 Å². The highest BCUT2D eigenvalue weighted by atomic mass is 19.4. The molecule has 0 heterocycles. The molecule has 0 fully saturated rings. The Morgan fingerprint density at radius 1 is 0.611 bits per heavy atom. The van der Waals surface area contributed by atoms with Crippen molar-refractivity contribution in [2.24, 2.45) is 21.8 Å². The fourth-order valence-electron chi connectivity index (χ4n) is 5.86. The molecule has 6 aromatic rings. The third-order valence-corrected chi connectivity index (χ3v) is 8.36. The third-order valence-electron chi connectivity index (χ3n) is 8.36. The molecule has 0 aliphatic carbocycles. The van der Waals surface area contributed by atoms with Crippen molar-refractivity contribution in [3.05, 3.63) is 149 Å². The van der Waals surface area contributed by atoms with Gasteiger partial charge in [0.15, 0.2) is 11.7 Å². The van der Waals surface area contributed by atoms with E-state index in [-0.39, 0.29) is 34.0 Å². The van der Waals surface area contributed by atoms with Crippen molar-refractivity contribution in [2.45, 2.75) is 13.1 Å². The number of nitrogens with two attached hydrogens (primary N) is 2. The van der Waals surface area contributed by atoms with Crippen LogP contribution in [0.25, 0.3) is 44.5 Å². The number of alkyl halides is 3. The average Bonchev–Trinajstić information content (AvgIpc) is 3.17. The maximum absolute atomic E-state index is 13.4. The van der Waals surface area contributed by atoms with E-state index in [1.165, 1.54) is 36.4 Å². The van der Waals surface area contributed by atoms with Crippen molar-refractivity contribution in [3.8, 4) is 61.8 Å². The maximum Gasteiger partial charge on any atom is 0.416 e. The van der Waals surface area contributed by atoms with Crippen LogP contribution >= 0.6 is 0 Å². The first-order valence-electron chi connectivity index (χ1n) is 16.1. The largest absolute Gasteiger partial charge is 0.508 e. The van der Waals surface area contributed by atoms with Gasteiger partial charge in [0.2, 0.25) is 0 Å². The van der Waals surface area contributed by atoms with Gasteiger partial charge in [-0.25, -0.2) is 4.39 Å². The van der Waals surface area contributed by atoms with Gasteiger partial charge in [-0.05, 0) is 113 Å². The minimum absolute atomic E-state index is 0.0338. The number of benzene rings is 6. The van der Waals surface area contributed by atoms with Crippen LogP contribution in [0, 0.1) is 12.7 Å². The number of aryl methyl sites for hydroxylation is 1. The van der Waals surface area contributed by atoms with Gasteiger partial charge in [-0.3, -0.25) is 0 Å². The molecule has 0 saturated heterocycles. The number of amidine groups is 2. The van der Waals surface area contributed by atoms with Gasteiger partial charge in [0.25, 0.3) is 0 Å². The summed E-state index contributed by atoms with van der Waals surface area (Å²) in [6.45, 7) is 1.95. The molecule has 54 heavy (non-hydrogen) atoms. The highest BCUT2D eigenvalue weighted by Gasteiger charge is 2.33. The van der Waals surface area contributed by atoms with Gasteiger partial charge >= 0.3 is 6.18 Å². The Labute approximate surface area is 307 Å². The number of oxime groups is 2. The zero-order chi connectivity index (χ0) is 39.2. The van der Waals surface area contributed by atoms with Crippen LogP contribution in [0.5, 0.6) is 17.2 Å². The molecule has 6 rings (SSSR count). The molecule has 0 bridgehead atoms. The first-order valence-corrected chi connectivity index (χ1v) is 16.1. The van der Waals surface area contributed by atoms with E-state index in [1.807, 2.05) is 55.5 Å². The molecule has 0 spiro atoms. The lowest BCUT2D eigenvalue weighted by Gasteiger charge is -2.19. The maximum atomic E-state index is 13.4. The summed E-state index contributed by atoms with van der Waals surface area (Å²) in [4.78, 5) is 0. The standard InChI is InChI=1S/C21H20N2O3.C20H14F4N2O2/c1-13-10-18(14-6-8-16(24)9-7-14)20(19(11-13)21(22)23-25)15-4-3-5-17(12-15)26-2;21-14-5-1-12(2-6-14)18-16(11-3-7-15(27)8-4-11)9-13(20(22,23)24)10-17(18)19(25)26-28/h3-12,24-25H,1-2H3,(H2,22,23);1-10,27-28H,(H2,25,26). The molecule has 276 valence electrons. The molecule has 0 amide bonds. The number of rotatable bonds is 7. The van der Waals surface area contributed by atoms with E-state index in [2.05, 4.69) is 10.3 Å². The molecule has 13 heteroatoms. The highest BCUT2D eigenvalue weighted by molar-refractivity contribution is 6.08. The number of methoxy groups -OCH3 is 1. The zero-order valence-corrected chi connectivity index (χ0v) is 28.8. The van der Waals surface area contributed by atoms with Crippen LogP contribution in [0.3, 0.4) is 0 Å². The number of phenols is 2. The summed E-state index contributed by atoms with van der Waals surface area (Å²) < 4.78 is 59.0. The van der Waals surface area contributed by atoms with Gasteiger partial charge in [-0.2, -0.15) is 13.2 Å². The molecular weight excluding hydrogens is 704 g/mol. The van der Waals surface area contributed by atoms with Crippen LogP contribution in [0.4, 0.5) is 17.6 Å². The van der Waals surface area contributed by atoms with E-state index in [4.69, 9.17) is 21.4 Å². The van der Waals surface area contributed by atoms with Crippen LogP contribution in [0.1, 0.15) is 22.3 Å². The summed E-state index contributed by atoms with van der Waals surface area (Å²) >= 11 is 0. The van der Waals surface area contributed by atoms with E-state index in [1.54, 1.807) is 19.2 Å². The fraction of sp³-hybridized carbons (Fsp3) is 0.0732. The summed E-state index contributed by atoms with van der Waals surface area (Å²) in [5.74, 6) is -0.161. The minimum atomic E-state index is -4.68. The molecular formula is C41H34F4N4O5. The summed E-state index contributed by atoms with van der Waals surface area (Å²) in [5.41, 5.74) is 16.7. The smallest absolute Gasteiger partial charge is 0.416 e. The normalized spacial score (nSPS) is 11.8. The number of aromatic hydroxyl groups is 2. The number of halogens is 4. The first-order chi connectivity index (χ1) is 25.7. The average molecular weight is 739 g/mol. The highest BCUT2D eigenvalue weighted by Crippen LogP contribution is 2.41. The van der Waals surface area contributed by atoms with Crippen molar-refractivity contribution < 1.29 is 42.9 Å². The van der Waals surface area contributed by atoms with E-state index in [0.29, 0.717) is 22.4 Å². The second-order valence-electron chi connectivity index (χ2n) is 12.0. The van der Waals surface area contributed by atoms with Crippen LogP contribution in [0.2, 0.25) is 0 Å². The Kier molecular flexibility index (Phi) is 11.4. The number of phenolic OH excluding ortho intramolecular Hbond substituents is 2. The Morgan fingerprint density at radius 2 is 1.09 bits per heavy atom. The number of hydrogen-bond acceptors (Lipinski definition) is 7. The van der Waals surface area contributed by atoms with E-state index >= 15 is 0 Å². The van der Waals surface area contributed by atoms with E-state index in [0.717, 1.165) is 52.1 Å². The summed E-state index contributed by atoms with van der Waals surface area (Å²) in [5, 5.41) is 43.5. The van der Waals surface area contributed by atoms with Crippen molar-refractivity contribution in [1.82, 2.24) is 0 Å². The van der Waals surface area contributed by atoms with Crippen molar-refractivity contribution in [3.63, 3.8) is 0 Å². The lowest BCUT2D eigenvalue weighted by Crippen LogP contribution is -2.17. The van der Waals surface area contributed by atoms with Gasteiger partial charge in [-0.1, -0.05) is 64.9 Å². The van der Waals surface area contributed by atoms with Crippen molar-refractivity contribution >= 4 is 11.7 Å². The predicted molar refractivity (Wildman–Crippen MR) is 199 cm³/mol. The monoisotopic (exact) mass is 738 g/mol. The van der Waals surface area contributed by atoms with Crippen LogP contribution in [-0.4, -0.2) is 39.4 Å². The lowest BCUT2D eigenvalue weighted by atomic mass is 9.88. The summed E-state index contributed by atoms with van der Waals surface area (Å²) in [7, 11) is 1.61. The van der Waals surface area contributed by atoms with Gasteiger partial charge in [0, 0.05) is 22.3 Å². The molecule has 0 radical (unpaired) electrons. The van der Waals surface area contributed by atoms with E-state index < -0.39 is 23.4 Å². The van der Waals surface area contributed by atoms with Crippen LogP contribution in [0.15, 0.2) is 132 Å². The second kappa shape index (κ2) is 16.1. The third kappa shape index (κ3) is 8.53. The lowest BCUT2D eigenvalue weighted by molar-refractivity contribution is -0.137. The number of hydrogen-bond donors (Lipinski definition) is 6. The molecule has 0 unspecified atom stereocenters. The van der Waals surface area contributed by atoms with Crippen molar-refractivity contribution in [2.75, 3.05) is 7.11 Å². The molecule has 0 aliphatic heterocycles. The molecule has 0 aromatic heterocycles. The van der Waals surface area contributed by atoms with Crippen LogP contribution in [-0.2, 0) is 6.18 Å². The van der Waals surface area contributed by atoms with Gasteiger partial charge in [0.1, 0.15) is 23.1 Å². The molecule has 0 saturated carbocycles. The molecule has 8 N–H and O–H groups in total. The zero-order valence-electron chi connectivity index (χ0n) is 28.8. The minimum Gasteiger partial charge on any atom is -0.508 e. The van der Waals surface area contributed by atoms with E-state index in [9.17, 15) is 33.0 Å². The second-order valence-corrected chi connectivity index (χ2v) is 12.0. The number of nitrogens with zero attached hydrogens (tertiary/aromatic N) is 2. The summed E-state index contributed by atoms with van der Waals surface area (Å²) in [6.07, 6.45) is -4.68. The Morgan fingerprint density at radius 3 is 1.59 bits per heavy atom. The molecule has 0 aliphatic rings. The molecule has 6 aromatic carbocycles. The fourth-order valence-corrected chi connectivity index (χ4v) is 5.86. The van der Waals surface area contributed by atoms with Crippen molar-refractivity contribution in [1.29, 1.82) is 0 Å². The van der Waals surface area contributed by atoms with Gasteiger partial charge < -0.3 is 36.8 Å². The molecule has 0 atom stereocenters. The number of ether oxygens (including phenoxy) is 1. The Hall–Kier alpha value is -7.02. The quantitative estimate of drug-likeness (QED) is 0.0312. The topological polar surface area (TPSA) is 167 Å². The first kappa shape index (κ1) is 38.2. The summed E-state index contributed by atoms with van der Waals surface area (Å²) in [6, 6.07) is 30.8. The molecule has 9 nitrogen and oxygen atoms in total.